The quantitative estimate of drug-likeness (QED) is 0.638. The van der Waals surface area contributed by atoms with Gasteiger partial charge in [0.2, 0.25) is 5.91 Å². The predicted molar refractivity (Wildman–Crippen MR) is 111 cm³/mol. The average Bonchev–Trinajstić information content (AvgIpc) is 2.73. The summed E-state index contributed by atoms with van der Waals surface area (Å²) in [4.78, 5) is 26.4. The third-order valence-corrected chi connectivity index (χ3v) is 4.31. The zero-order chi connectivity index (χ0) is 20.2. The van der Waals surface area contributed by atoms with Crippen molar-refractivity contribution in [2.24, 2.45) is 0 Å². The second kappa shape index (κ2) is 11.8. The highest BCUT2D eigenvalue weighted by atomic mass is 16.5. The first-order valence-corrected chi connectivity index (χ1v) is 9.96. The van der Waals surface area contributed by atoms with Gasteiger partial charge in [0.25, 0.3) is 5.91 Å². The van der Waals surface area contributed by atoms with Gasteiger partial charge in [-0.1, -0.05) is 44.2 Å². The maximum Gasteiger partial charge on any atom is 0.253 e. The summed E-state index contributed by atoms with van der Waals surface area (Å²) in [6.45, 7) is 6.48. The Kier molecular flexibility index (Phi) is 9.05. The second-order valence-electron chi connectivity index (χ2n) is 6.68. The van der Waals surface area contributed by atoms with Gasteiger partial charge < -0.3 is 15.0 Å². The number of nitrogens with one attached hydrogen (secondary N) is 1. The summed E-state index contributed by atoms with van der Waals surface area (Å²) < 4.78 is 5.53. The van der Waals surface area contributed by atoms with Gasteiger partial charge in [-0.05, 0) is 42.7 Å². The summed E-state index contributed by atoms with van der Waals surface area (Å²) in [5.74, 6) is 0.765. The van der Waals surface area contributed by atoms with E-state index in [2.05, 4.69) is 19.2 Å². The molecule has 1 N–H and O–H groups in total. The van der Waals surface area contributed by atoms with Gasteiger partial charge in [-0.25, -0.2) is 0 Å². The van der Waals surface area contributed by atoms with Crippen molar-refractivity contribution in [3.63, 3.8) is 0 Å². The Labute approximate surface area is 167 Å². The van der Waals surface area contributed by atoms with Crippen molar-refractivity contribution in [1.82, 2.24) is 10.2 Å². The average molecular weight is 383 g/mol. The van der Waals surface area contributed by atoms with Crippen LogP contribution < -0.4 is 10.1 Å². The maximum atomic E-state index is 12.6. The maximum absolute atomic E-state index is 12.6. The minimum Gasteiger partial charge on any atom is -0.493 e. The highest BCUT2D eigenvalue weighted by molar-refractivity contribution is 5.94. The number of ether oxygens (including phenoxy) is 1. The van der Waals surface area contributed by atoms with Crippen molar-refractivity contribution < 1.29 is 14.3 Å². The number of para-hydroxylation sites is 1. The molecule has 0 atom stereocenters. The van der Waals surface area contributed by atoms with Crippen LogP contribution in [0, 0.1) is 0 Å². The number of carbonyl (C=O) groups is 2. The predicted octanol–water partition coefficient (Wildman–Crippen LogP) is 4.03. The Bertz CT molecular complexity index is 723. The van der Waals surface area contributed by atoms with Crippen LogP contribution in [-0.2, 0) is 11.3 Å². The second-order valence-corrected chi connectivity index (χ2v) is 6.68. The van der Waals surface area contributed by atoms with E-state index >= 15 is 0 Å². The molecule has 2 amide bonds. The fourth-order valence-corrected chi connectivity index (χ4v) is 2.87. The number of nitrogens with zero attached hydrogens (tertiary/aromatic N) is 1. The summed E-state index contributed by atoms with van der Waals surface area (Å²) in [5, 5.41) is 2.88. The zero-order valence-electron chi connectivity index (χ0n) is 16.8. The van der Waals surface area contributed by atoms with Gasteiger partial charge in [-0.3, -0.25) is 9.59 Å². The van der Waals surface area contributed by atoms with Crippen molar-refractivity contribution in [2.45, 2.75) is 39.7 Å². The Morgan fingerprint density at radius 2 is 1.57 bits per heavy atom. The van der Waals surface area contributed by atoms with E-state index in [1.165, 1.54) is 0 Å². The standard InChI is InChI=1S/C23H30N2O3/c1-3-15-25(16-4-2)23(27)20-12-10-19(11-13-20)18-24-22(26)14-17-28-21-8-6-5-7-9-21/h5-13H,3-4,14-18H2,1-2H3,(H,24,26). The van der Waals surface area contributed by atoms with Crippen LogP contribution in [0.5, 0.6) is 5.75 Å². The molecule has 0 aliphatic heterocycles. The van der Waals surface area contributed by atoms with Gasteiger partial charge in [0.1, 0.15) is 5.75 Å². The van der Waals surface area contributed by atoms with Crippen molar-refractivity contribution >= 4 is 11.8 Å². The van der Waals surface area contributed by atoms with E-state index in [1.54, 1.807) is 0 Å². The largest absolute Gasteiger partial charge is 0.493 e. The van der Waals surface area contributed by atoms with Crippen LogP contribution >= 0.6 is 0 Å². The Hall–Kier alpha value is -2.82. The van der Waals surface area contributed by atoms with Crippen molar-refractivity contribution in [2.75, 3.05) is 19.7 Å². The molecule has 2 rings (SSSR count). The van der Waals surface area contributed by atoms with E-state index in [9.17, 15) is 9.59 Å². The van der Waals surface area contributed by atoms with E-state index in [1.807, 2.05) is 59.5 Å². The molecular formula is C23H30N2O3. The van der Waals surface area contributed by atoms with Gasteiger partial charge in [-0.15, -0.1) is 0 Å². The number of amides is 2. The molecule has 0 saturated heterocycles. The lowest BCUT2D eigenvalue weighted by Crippen LogP contribution is -2.32. The van der Waals surface area contributed by atoms with Crippen LogP contribution in [-0.4, -0.2) is 36.4 Å². The van der Waals surface area contributed by atoms with Crippen LogP contribution in [0.1, 0.15) is 49.0 Å². The van der Waals surface area contributed by atoms with Crippen LogP contribution in [0.25, 0.3) is 0 Å². The van der Waals surface area contributed by atoms with Crippen molar-refractivity contribution in [3.05, 3.63) is 65.7 Å². The van der Waals surface area contributed by atoms with Gasteiger partial charge in [0, 0.05) is 25.2 Å². The Morgan fingerprint density at radius 3 is 2.18 bits per heavy atom. The third kappa shape index (κ3) is 7.06. The van der Waals surface area contributed by atoms with Gasteiger partial charge >= 0.3 is 0 Å². The first-order valence-electron chi connectivity index (χ1n) is 9.96. The molecule has 5 nitrogen and oxygen atoms in total. The molecule has 2 aromatic rings. The number of carbonyl (C=O) groups excluding carboxylic acids is 2. The fraction of sp³-hybridized carbons (Fsp3) is 0.391. The summed E-state index contributed by atoms with van der Waals surface area (Å²) in [6.07, 6.45) is 2.20. The van der Waals surface area contributed by atoms with E-state index in [0.717, 1.165) is 37.2 Å². The summed E-state index contributed by atoms with van der Waals surface area (Å²) in [6, 6.07) is 16.9. The van der Waals surface area contributed by atoms with Crippen LogP contribution in [0.15, 0.2) is 54.6 Å². The monoisotopic (exact) mass is 382 g/mol. The minimum atomic E-state index is -0.0619. The molecule has 0 unspecified atom stereocenters. The molecule has 0 bridgehead atoms. The molecule has 28 heavy (non-hydrogen) atoms. The van der Waals surface area contributed by atoms with Crippen LogP contribution in [0.3, 0.4) is 0 Å². The van der Waals surface area contributed by atoms with Crippen LogP contribution in [0.2, 0.25) is 0 Å². The molecule has 0 spiro atoms. The minimum absolute atomic E-state index is 0.0619. The third-order valence-electron chi connectivity index (χ3n) is 4.31. The number of benzene rings is 2. The number of hydrogen-bond acceptors (Lipinski definition) is 3. The summed E-state index contributed by atoms with van der Waals surface area (Å²) in [5.41, 5.74) is 1.65. The lowest BCUT2D eigenvalue weighted by molar-refractivity contribution is -0.121. The molecule has 0 radical (unpaired) electrons. The SMILES string of the molecule is CCCN(CCC)C(=O)c1ccc(CNC(=O)CCOc2ccccc2)cc1. The topological polar surface area (TPSA) is 58.6 Å². The molecule has 0 aliphatic rings. The smallest absolute Gasteiger partial charge is 0.253 e. The number of rotatable bonds is 11. The molecule has 0 aliphatic carbocycles. The first-order chi connectivity index (χ1) is 13.6. The van der Waals surface area contributed by atoms with Crippen LogP contribution in [0.4, 0.5) is 0 Å². The fourth-order valence-electron chi connectivity index (χ4n) is 2.87. The van der Waals surface area contributed by atoms with E-state index in [0.29, 0.717) is 25.1 Å². The molecule has 0 aromatic heterocycles. The molecule has 0 fully saturated rings. The van der Waals surface area contributed by atoms with Gasteiger partial charge in [0.05, 0.1) is 13.0 Å². The molecule has 0 heterocycles. The Balaban J connectivity index is 1.77. The molecule has 2 aromatic carbocycles. The zero-order valence-corrected chi connectivity index (χ0v) is 16.8. The van der Waals surface area contributed by atoms with Gasteiger partial charge in [0.15, 0.2) is 0 Å². The Morgan fingerprint density at radius 1 is 0.929 bits per heavy atom. The molecule has 5 heteroatoms. The summed E-state index contributed by atoms with van der Waals surface area (Å²) in [7, 11) is 0. The lowest BCUT2D eigenvalue weighted by atomic mass is 10.1. The normalized spacial score (nSPS) is 10.4. The first kappa shape index (κ1) is 21.5. The van der Waals surface area contributed by atoms with Crippen molar-refractivity contribution in [1.29, 1.82) is 0 Å². The highest BCUT2D eigenvalue weighted by Crippen LogP contribution is 2.10. The molecular weight excluding hydrogens is 352 g/mol. The van der Waals surface area contributed by atoms with E-state index < -0.39 is 0 Å². The van der Waals surface area contributed by atoms with E-state index in [4.69, 9.17) is 4.74 Å². The highest BCUT2D eigenvalue weighted by Gasteiger charge is 2.14. The summed E-state index contributed by atoms with van der Waals surface area (Å²) >= 11 is 0. The van der Waals surface area contributed by atoms with Gasteiger partial charge in [-0.2, -0.15) is 0 Å². The molecule has 150 valence electrons. The van der Waals surface area contributed by atoms with Crippen molar-refractivity contribution in [3.8, 4) is 5.75 Å². The van der Waals surface area contributed by atoms with E-state index in [-0.39, 0.29) is 11.8 Å². The molecule has 0 saturated carbocycles. The number of hydrogen-bond donors (Lipinski definition) is 1. The lowest BCUT2D eigenvalue weighted by Gasteiger charge is -2.21.